The maximum Gasteiger partial charge on any atom is 0.0951 e. The summed E-state index contributed by atoms with van der Waals surface area (Å²) in [6.07, 6.45) is 6.35. The van der Waals surface area contributed by atoms with Crippen molar-refractivity contribution in [2.24, 2.45) is 10.3 Å². The van der Waals surface area contributed by atoms with Crippen LogP contribution >= 0.6 is 0 Å². The van der Waals surface area contributed by atoms with E-state index in [0.29, 0.717) is 18.1 Å². The molecule has 14 heavy (non-hydrogen) atoms. The smallest absolute Gasteiger partial charge is 0.0951 e. The van der Waals surface area contributed by atoms with Gasteiger partial charge in [-0.05, 0) is 39.2 Å². The molecule has 2 aliphatic carbocycles. The first-order chi connectivity index (χ1) is 6.88. The number of nitrogens with one attached hydrogen (secondary N) is 1. The molecule has 78 valence electrons. The van der Waals surface area contributed by atoms with Gasteiger partial charge in [-0.15, -0.1) is 0 Å². The van der Waals surface area contributed by atoms with Crippen LogP contribution in [0.2, 0.25) is 0 Å². The molecule has 0 aromatic rings. The quantitative estimate of drug-likeness (QED) is 0.720. The van der Waals surface area contributed by atoms with Crippen LogP contribution in [-0.2, 0) is 0 Å². The summed E-state index contributed by atoms with van der Waals surface area (Å²) in [6.45, 7) is 0. The van der Waals surface area contributed by atoms with Crippen LogP contribution in [0.3, 0.4) is 0 Å². The number of fused-ring (bicyclic) bond motifs is 1. The second-order valence-electron chi connectivity index (χ2n) is 4.75. The molecule has 2 fully saturated rings. The molecule has 0 aromatic heterocycles. The van der Waals surface area contributed by atoms with Gasteiger partial charge in [-0.2, -0.15) is 5.11 Å². The van der Waals surface area contributed by atoms with Crippen LogP contribution in [0, 0.1) is 0 Å². The van der Waals surface area contributed by atoms with Crippen LogP contribution in [0.1, 0.15) is 32.1 Å². The van der Waals surface area contributed by atoms with Crippen molar-refractivity contribution < 1.29 is 0 Å². The van der Waals surface area contributed by atoms with E-state index in [0.717, 1.165) is 6.04 Å². The van der Waals surface area contributed by atoms with Gasteiger partial charge >= 0.3 is 0 Å². The molecule has 2 saturated carbocycles. The number of rotatable bonds is 2. The van der Waals surface area contributed by atoms with Crippen molar-refractivity contribution in [2.45, 2.75) is 56.3 Å². The van der Waals surface area contributed by atoms with Crippen LogP contribution < -0.4 is 5.32 Å². The third-order valence-electron chi connectivity index (χ3n) is 3.75. The van der Waals surface area contributed by atoms with Crippen molar-refractivity contribution in [3.8, 4) is 0 Å². The highest BCUT2D eigenvalue weighted by Gasteiger charge is 2.43. The largest absolute Gasteiger partial charge is 0.317 e. The van der Waals surface area contributed by atoms with Gasteiger partial charge < -0.3 is 5.32 Å². The molecule has 4 nitrogen and oxygen atoms in total. The van der Waals surface area contributed by atoms with E-state index in [2.05, 4.69) is 27.7 Å². The normalized spacial score (nSPS) is 41.5. The summed E-state index contributed by atoms with van der Waals surface area (Å²) in [5.74, 6) is 0. The Kier molecular flexibility index (Phi) is 1.97. The molecule has 0 spiro atoms. The van der Waals surface area contributed by atoms with Gasteiger partial charge in [-0.1, -0.05) is 5.22 Å². The lowest BCUT2D eigenvalue weighted by Crippen LogP contribution is -2.45. The van der Waals surface area contributed by atoms with E-state index in [1.165, 1.54) is 32.1 Å². The van der Waals surface area contributed by atoms with Gasteiger partial charge in [0.2, 0.25) is 0 Å². The van der Waals surface area contributed by atoms with E-state index >= 15 is 0 Å². The molecule has 3 aliphatic rings. The van der Waals surface area contributed by atoms with Gasteiger partial charge in [0.05, 0.1) is 12.1 Å². The highest BCUT2D eigenvalue weighted by atomic mass is 15.6. The average molecular weight is 194 g/mol. The standard InChI is InChI=1S/C10H18N4/c1-11-7-2-5-9-10(6-7)14(13-12-9)8-3-4-8/h7-11H,2-6H2,1H3. The van der Waals surface area contributed by atoms with E-state index < -0.39 is 0 Å². The highest BCUT2D eigenvalue weighted by Crippen LogP contribution is 2.38. The number of nitrogens with zero attached hydrogens (tertiary/aromatic N) is 3. The second kappa shape index (κ2) is 3.19. The van der Waals surface area contributed by atoms with Crippen LogP contribution in [0.5, 0.6) is 0 Å². The minimum atomic E-state index is 0.500. The van der Waals surface area contributed by atoms with E-state index in [4.69, 9.17) is 0 Å². The van der Waals surface area contributed by atoms with E-state index in [-0.39, 0.29) is 0 Å². The average Bonchev–Trinajstić information content (AvgIpc) is 2.98. The Morgan fingerprint density at radius 2 is 2.07 bits per heavy atom. The predicted octanol–water partition coefficient (Wildman–Crippen LogP) is 1.34. The van der Waals surface area contributed by atoms with Crippen LogP contribution in [0.15, 0.2) is 10.3 Å². The summed E-state index contributed by atoms with van der Waals surface area (Å²) < 4.78 is 0. The maximum atomic E-state index is 4.39. The van der Waals surface area contributed by atoms with Crippen molar-refractivity contribution in [1.82, 2.24) is 10.3 Å². The topological polar surface area (TPSA) is 40.0 Å². The first-order valence-corrected chi connectivity index (χ1v) is 5.75. The van der Waals surface area contributed by atoms with E-state index in [9.17, 15) is 0 Å². The Morgan fingerprint density at radius 1 is 1.21 bits per heavy atom. The lowest BCUT2D eigenvalue weighted by Gasteiger charge is -2.33. The zero-order valence-electron chi connectivity index (χ0n) is 8.69. The first kappa shape index (κ1) is 8.65. The molecular weight excluding hydrogens is 176 g/mol. The van der Waals surface area contributed by atoms with Crippen LogP contribution in [-0.4, -0.2) is 36.2 Å². The molecule has 0 saturated heterocycles. The molecule has 1 N–H and O–H groups in total. The number of hydrogen-bond donors (Lipinski definition) is 1. The molecule has 0 radical (unpaired) electrons. The maximum absolute atomic E-state index is 4.39. The zero-order valence-corrected chi connectivity index (χ0v) is 8.69. The summed E-state index contributed by atoms with van der Waals surface area (Å²) in [5.41, 5.74) is 0. The lowest BCUT2D eigenvalue weighted by molar-refractivity contribution is 0.159. The monoisotopic (exact) mass is 194 g/mol. The molecule has 3 atom stereocenters. The summed E-state index contributed by atoms with van der Waals surface area (Å²) in [5, 5.41) is 14.4. The van der Waals surface area contributed by atoms with Crippen molar-refractivity contribution in [1.29, 1.82) is 0 Å². The highest BCUT2D eigenvalue weighted by molar-refractivity contribution is 4.99. The molecule has 0 aromatic carbocycles. The Hall–Kier alpha value is -0.640. The van der Waals surface area contributed by atoms with Gasteiger partial charge in [0.15, 0.2) is 0 Å². The fraction of sp³-hybridized carbons (Fsp3) is 1.00. The van der Waals surface area contributed by atoms with E-state index in [1.807, 2.05) is 0 Å². The zero-order chi connectivity index (χ0) is 9.54. The Labute approximate surface area is 84.7 Å². The van der Waals surface area contributed by atoms with Gasteiger partial charge in [0.1, 0.15) is 0 Å². The third-order valence-corrected chi connectivity index (χ3v) is 3.75. The van der Waals surface area contributed by atoms with Crippen molar-refractivity contribution in [2.75, 3.05) is 7.05 Å². The Balaban J connectivity index is 1.70. The molecule has 0 bridgehead atoms. The predicted molar refractivity (Wildman–Crippen MR) is 54.0 cm³/mol. The first-order valence-electron chi connectivity index (χ1n) is 5.75. The molecule has 3 rings (SSSR count). The molecule has 1 heterocycles. The summed E-state index contributed by atoms with van der Waals surface area (Å²) in [6, 6.07) is 2.51. The molecule has 4 heteroatoms. The van der Waals surface area contributed by atoms with Crippen molar-refractivity contribution in [3.63, 3.8) is 0 Å². The van der Waals surface area contributed by atoms with Crippen molar-refractivity contribution >= 4 is 0 Å². The van der Waals surface area contributed by atoms with Gasteiger partial charge in [-0.3, -0.25) is 5.01 Å². The van der Waals surface area contributed by atoms with Crippen molar-refractivity contribution in [3.05, 3.63) is 0 Å². The fourth-order valence-corrected chi connectivity index (χ4v) is 2.69. The molecule has 3 unspecified atom stereocenters. The van der Waals surface area contributed by atoms with Gasteiger partial charge in [0, 0.05) is 12.1 Å². The molecule has 0 amide bonds. The van der Waals surface area contributed by atoms with Crippen LogP contribution in [0.4, 0.5) is 0 Å². The summed E-state index contributed by atoms with van der Waals surface area (Å²) in [7, 11) is 2.07. The minimum Gasteiger partial charge on any atom is -0.317 e. The lowest BCUT2D eigenvalue weighted by atomic mass is 9.87. The summed E-state index contributed by atoms with van der Waals surface area (Å²) >= 11 is 0. The Morgan fingerprint density at radius 3 is 2.79 bits per heavy atom. The Bertz CT molecular complexity index is 249. The van der Waals surface area contributed by atoms with E-state index in [1.54, 1.807) is 0 Å². The van der Waals surface area contributed by atoms with Gasteiger partial charge in [0.25, 0.3) is 0 Å². The third kappa shape index (κ3) is 1.32. The molecular formula is C10H18N4. The minimum absolute atomic E-state index is 0.500. The number of hydrogen-bond acceptors (Lipinski definition) is 4. The van der Waals surface area contributed by atoms with Crippen LogP contribution in [0.25, 0.3) is 0 Å². The summed E-state index contributed by atoms with van der Waals surface area (Å²) in [4.78, 5) is 0. The second-order valence-corrected chi connectivity index (χ2v) is 4.75. The van der Waals surface area contributed by atoms with Gasteiger partial charge in [-0.25, -0.2) is 0 Å². The SMILES string of the molecule is CNC1CCC2N=NN(C3CC3)C2C1. The fourth-order valence-electron chi connectivity index (χ4n) is 2.69. The molecule has 1 aliphatic heterocycles.